The number of amides is 1. The number of nitrogens with zero attached hydrogens (tertiary/aromatic N) is 1. The van der Waals surface area contributed by atoms with Crippen molar-refractivity contribution in [2.75, 3.05) is 5.32 Å². The van der Waals surface area contributed by atoms with E-state index in [1.807, 2.05) is 66.7 Å². The van der Waals surface area contributed by atoms with Crippen LogP contribution in [0.15, 0.2) is 89.5 Å². The Morgan fingerprint density at radius 1 is 0.929 bits per heavy atom. The summed E-state index contributed by atoms with van der Waals surface area (Å²) in [6, 6.07) is 24.6. The third-order valence-corrected chi connectivity index (χ3v) is 5.02. The lowest BCUT2D eigenvalue weighted by Gasteiger charge is -2.10. The summed E-state index contributed by atoms with van der Waals surface area (Å²) >= 11 is 3.52. The molecule has 0 spiro atoms. The number of benzene rings is 3. The molecule has 4 rings (SSSR count). The van der Waals surface area contributed by atoms with E-state index in [-0.39, 0.29) is 5.91 Å². The SMILES string of the molecule is O=C(Nc1ccc(Br)c2cccnc12)c1ccc(COc2ccccc2)cc1. The Labute approximate surface area is 171 Å². The van der Waals surface area contributed by atoms with Gasteiger partial charge in [0.15, 0.2) is 0 Å². The first-order valence-corrected chi connectivity index (χ1v) is 9.61. The van der Waals surface area contributed by atoms with E-state index in [1.54, 1.807) is 18.3 Å². The van der Waals surface area contributed by atoms with Crippen LogP contribution < -0.4 is 10.1 Å². The molecule has 138 valence electrons. The highest BCUT2D eigenvalue weighted by atomic mass is 79.9. The molecule has 4 aromatic rings. The van der Waals surface area contributed by atoms with Crippen molar-refractivity contribution in [1.82, 2.24) is 4.98 Å². The van der Waals surface area contributed by atoms with E-state index in [0.717, 1.165) is 26.7 Å². The minimum atomic E-state index is -0.176. The van der Waals surface area contributed by atoms with Gasteiger partial charge in [-0.3, -0.25) is 9.78 Å². The molecule has 0 fully saturated rings. The summed E-state index contributed by atoms with van der Waals surface area (Å²) < 4.78 is 6.68. The Kier molecular flexibility index (Phi) is 5.35. The highest BCUT2D eigenvalue weighted by Gasteiger charge is 2.11. The smallest absolute Gasteiger partial charge is 0.255 e. The molecule has 0 saturated heterocycles. The number of carbonyl (C=O) groups is 1. The van der Waals surface area contributed by atoms with Crippen molar-refractivity contribution in [3.63, 3.8) is 0 Å². The zero-order chi connectivity index (χ0) is 19.3. The summed E-state index contributed by atoms with van der Waals surface area (Å²) in [6.07, 6.45) is 1.71. The largest absolute Gasteiger partial charge is 0.489 e. The Hall–Kier alpha value is -3.18. The van der Waals surface area contributed by atoms with Gasteiger partial charge in [0, 0.05) is 21.6 Å². The van der Waals surface area contributed by atoms with Gasteiger partial charge in [0.2, 0.25) is 0 Å². The molecule has 0 aliphatic carbocycles. The molecule has 0 aliphatic rings. The molecule has 0 atom stereocenters. The van der Waals surface area contributed by atoms with Crippen LogP contribution in [-0.2, 0) is 6.61 Å². The number of rotatable bonds is 5. The van der Waals surface area contributed by atoms with Crippen molar-refractivity contribution < 1.29 is 9.53 Å². The first-order valence-electron chi connectivity index (χ1n) is 8.82. The van der Waals surface area contributed by atoms with Gasteiger partial charge < -0.3 is 10.1 Å². The van der Waals surface area contributed by atoms with Crippen LogP contribution in [0.3, 0.4) is 0 Å². The Bertz CT molecular complexity index is 1110. The molecule has 28 heavy (non-hydrogen) atoms. The van der Waals surface area contributed by atoms with Crippen LogP contribution in [-0.4, -0.2) is 10.9 Å². The number of hydrogen-bond acceptors (Lipinski definition) is 3. The van der Waals surface area contributed by atoms with E-state index in [2.05, 4.69) is 26.2 Å². The number of anilines is 1. The van der Waals surface area contributed by atoms with Crippen molar-refractivity contribution in [2.45, 2.75) is 6.61 Å². The number of hydrogen-bond donors (Lipinski definition) is 1. The van der Waals surface area contributed by atoms with Gasteiger partial charge in [-0.25, -0.2) is 0 Å². The standard InChI is InChI=1S/C23H17BrN2O2/c24-20-12-13-21(22-19(20)7-4-14-25-22)26-23(27)17-10-8-16(9-11-17)15-28-18-5-2-1-3-6-18/h1-14H,15H2,(H,26,27). The topological polar surface area (TPSA) is 51.2 Å². The van der Waals surface area contributed by atoms with Gasteiger partial charge in [-0.15, -0.1) is 0 Å². The van der Waals surface area contributed by atoms with Gasteiger partial charge in [0.1, 0.15) is 12.4 Å². The minimum Gasteiger partial charge on any atom is -0.489 e. The quantitative estimate of drug-likeness (QED) is 0.431. The summed E-state index contributed by atoms with van der Waals surface area (Å²) in [5.74, 6) is 0.642. The van der Waals surface area contributed by atoms with Crippen molar-refractivity contribution in [3.8, 4) is 5.75 Å². The van der Waals surface area contributed by atoms with Gasteiger partial charge in [-0.05, 0) is 48.0 Å². The van der Waals surface area contributed by atoms with Crippen LogP contribution >= 0.6 is 15.9 Å². The Morgan fingerprint density at radius 2 is 1.71 bits per heavy atom. The number of fused-ring (bicyclic) bond motifs is 1. The normalized spacial score (nSPS) is 10.6. The van der Waals surface area contributed by atoms with E-state index in [1.165, 1.54) is 0 Å². The molecule has 0 aliphatic heterocycles. The Morgan fingerprint density at radius 3 is 2.50 bits per heavy atom. The molecule has 0 bridgehead atoms. The highest BCUT2D eigenvalue weighted by molar-refractivity contribution is 9.10. The summed E-state index contributed by atoms with van der Waals surface area (Å²) in [5.41, 5.74) is 3.00. The number of para-hydroxylation sites is 1. The van der Waals surface area contributed by atoms with Gasteiger partial charge >= 0.3 is 0 Å². The molecule has 1 amide bonds. The highest BCUT2D eigenvalue weighted by Crippen LogP contribution is 2.28. The van der Waals surface area contributed by atoms with Crippen molar-refractivity contribution in [1.29, 1.82) is 0 Å². The molecule has 0 radical (unpaired) electrons. The predicted molar refractivity (Wildman–Crippen MR) is 115 cm³/mol. The van der Waals surface area contributed by atoms with E-state index < -0.39 is 0 Å². The first kappa shape index (κ1) is 18.2. The zero-order valence-electron chi connectivity index (χ0n) is 14.9. The molecule has 1 heterocycles. The lowest BCUT2D eigenvalue weighted by atomic mass is 10.1. The third-order valence-electron chi connectivity index (χ3n) is 4.33. The van der Waals surface area contributed by atoms with Crippen LogP contribution in [0.25, 0.3) is 10.9 Å². The van der Waals surface area contributed by atoms with Crippen LogP contribution in [0, 0.1) is 0 Å². The second kappa shape index (κ2) is 8.23. The number of ether oxygens (including phenoxy) is 1. The van der Waals surface area contributed by atoms with Crippen molar-refractivity contribution in [2.24, 2.45) is 0 Å². The van der Waals surface area contributed by atoms with Crippen molar-refractivity contribution >= 4 is 38.4 Å². The van der Waals surface area contributed by atoms with E-state index in [0.29, 0.717) is 17.9 Å². The van der Waals surface area contributed by atoms with Crippen LogP contribution in [0.4, 0.5) is 5.69 Å². The fourth-order valence-electron chi connectivity index (χ4n) is 2.87. The second-order valence-corrected chi connectivity index (χ2v) is 7.10. The van der Waals surface area contributed by atoms with E-state index in [4.69, 9.17) is 4.74 Å². The number of halogens is 1. The first-order chi connectivity index (χ1) is 13.7. The van der Waals surface area contributed by atoms with Gasteiger partial charge in [-0.2, -0.15) is 0 Å². The number of nitrogens with one attached hydrogen (secondary N) is 1. The lowest BCUT2D eigenvalue weighted by Crippen LogP contribution is -2.12. The molecule has 0 saturated carbocycles. The molecule has 5 heteroatoms. The summed E-state index contributed by atoms with van der Waals surface area (Å²) in [7, 11) is 0. The number of pyridine rings is 1. The van der Waals surface area contributed by atoms with Crippen LogP contribution in [0.5, 0.6) is 5.75 Å². The lowest BCUT2D eigenvalue weighted by molar-refractivity contribution is 0.102. The summed E-state index contributed by atoms with van der Waals surface area (Å²) in [5, 5.41) is 3.90. The summed E-state index contributed by atoms with van der Waals surface area (Å²) in [4.78, 5) is 17.0. The molecular weight excluding hydrogens is 416 g/mol. The average molecular weight is 433 g/mol. The van der Waals surface area contributed by atoms with Gasteiger partial charge in [0.05, 0.1) is 11.2 Å². The zero-order valence-corrected chi connectivity index (χ0v) is 16.5. The van der Waals surface area contributed by atoms with Gasteiger partial charge in [-0.1, -0.05) is 52.3 Å². The van der Waals surface area contributed by atoms with Crippen molar-refractivity contribution in [3.05, 3.63) is 101 Å². The fraction of sp³-hybridized carbons (Fsp3) is 0.0435. The maximum atomic E-state index is 12.7. The van der Waals surface area contributed by atoms with Crippen LogP contribution in [0.2, 0.25) is 0 Å². The summed E-state index contributed by atoms with van der Waals surface area (Å²) in [6.45, 7) is 0.452. The molecule has 1 aromatic heterocycles. The second-order valence-electron chi connectivity index (χ2n) is 6.25. The third kappa shape index (κ3) is 4.05. The number of aromatic nitrogens is 1. The molecule has 0 unspecified atom stereocenters. The molecule has 1 N–H and O–H groups in total. The van der Waals surface area contributed by atoms with E-state index >= 15 is 0 Å². The fourth-order valence-corrected chi connectivity index (χ4v) is 3.32. The maximum absolute atomic E-state index is 12.7. The maximum Gasteiger partial charge on any atom is 0.255 e. The average Bonchev–Trinajstić information content (AvgIpc) is 2.75. The number of carbonyl (C=O) groups excluding carboxylic acids is 1. The molecule has 4 nitrogen and oxygen atoms in total. The molecular formula is C23H17BrN2O2. The Balaban J connectivity index is 1.46. The van der Waals surface area contributed by atoms with E-state index in [9.17, 15) is 4.79 Å². The predicted octanol–water partition coefficient (Wildman–Crippen LogP) is 5.83. The van der Waals surface area contributed by atoms with Gasteiger partial charge in [0.25, 0.3) is 5.91 Å². The minimum absolute atomic E-state index is 0.176. The van der Waals surface area contributed by atoms with Crippen LogP contribution in [0.1, 0.15) is 15.9 Å². The molecule has 3 aromatic carbocycles. The monoisotopic (exact) mass is 432 g/mol.